The standard InChI is InChI=1S/C21H20ClN5OS/c1-13(2)18-23-20(28-26-18)14(3)29-21-25-24-19(15-9-11-16(22)12-10-15)27(21)17-7-5-4-6-8-17/h4-14H,1-3H3. The van der Waals surface area contributed by atoms with Crippen molar-refractivity contribution in [3.05, 3.63) is 71.3 Å². The minimum atomic E-state index is -0.0697. The summed E-state index contributed by atoms with van der Waals surface area (Å²) in [5.74, 6) is 2.25. The Morgan fingerprint density at radius 1 is 0.966 bits per heavy atom. The zero-order valence-corrected chi connectivity index (χ0v) is 17.9. The molecule has 2 heterocycles. The van der Waals surface area contributed by atoms with Crippen LogP contribution in [0.3, 0.4) is 0 Å². The second-order valence-electron chi connectivity index (χ2n) is 6.89. The van der Waals surface area contributed by atoms with E-state index >= 15 is 0 Å². The molecule has 8 heteroatoms. The second-order valence-corrected chi connectivity index (χ2v) is 8.63. The van der Waals surface area contributed by atoms with E-state index in [4.69, 9.17) is 16.1 Å². The summed E-state index contributed by atoms with van der Waals surface area (Å²) >= 11 is 7.58. The number of para-hydroxylation sites is 1. The number of hydrogen-bond acceptors (Lipinski definition) is 6. The number of hydrogen-bond donors (Lipinski definition) is 0. The Morgan fingerprint density at radius 2 is 1.69 bits per heavy atom. The molecule has 4 rings (SSSR count). The molecular weight excluding hydrogens is 406 g/mol. The van der Waals surface area contributed by atoms with Crippen LogP contribution in [-0.4, -0.2) is 24.9 Å². The Morgan fingerprint density at radius 3 is 2.34 bits per heavy atom. The van der Waals surface area contributed by atoms with E-state index in [2.05, 4.69) is 20.3 Å². The van der Waals surface area contributed by atoms with Crippen molar-refractivity contribution in [2.45, 2.75) is 37.1 Å². The molecule has 0 aliphatic rings. The summed E-state index contributed by atoms with van der Waals surface area (Å²) < 4.78 is 7.49. The summed E-state index contributed by atoms with van der Waals surface area (Å²) in [5, 5.41) is 14.3. The number of halogens is 1. The highest BCUT2D eigenvalue weighted by Gasteiger charge is 2.22. The molecule has 0 radical (unpaired) electrons. The van der Waals surface area contributed by atoms with Crippen LogP contribution in [0.25, 0.3) is 17.1 Å². The largest absolute Gasteiger partial charge is 0.338 e. The molecule has 1 unspecified atom stereocenters. The van der Waals surface area contributed by atoms with Crippen molar-refractivity contribution in [2.75, 3.05) is 0 Å². The van der Waals surface area contributed by atoms with Gasteiger partial charge in [0.1, 0.15) is 0 Å². The predicted octanol–water partition coefficient (Wildman–Crippen LogP) is 5.95. The fourth-order valence-electron chi connectivity index (χ4n) is 2.80. The first-order chi connectivity index (χ1) is 14.0. The highest BCUT2D eigenvalue weighted by Crippen LogP contribution is 2.36. The molecule has 0 spiro atoms. The third kappa shape index (κ3) is 4.21. The van der Waals surface area contributed by atoms with Gasteiger partial charge in [0.2, 0.25) is 5.89 Å². The molecule has 0 bridgehead atoms. The van der Waals surface area contributed by atoms with Crippen molar-refractivity contribution in [2.24, 2.45) is 0 Å². The van der Waals surface area contributed by atoms with Gasteiger partial charge in [-0.3, -0.25) is 4.57 Å². The Balaban J connectivity index is 1.72. The molecule has 29 heavy (non-hydrogen) atoms. The van der Waals surface area contributed by atoms with Crippen LogP contribution in [0.2, 0.25) is 5.02 Å². The lowest BCUT2D eigenvalue weighted by Gasteiger charge is -2.12. The van der Waals surface area contributed by atoms with Crippen molar-refractivity contribution in [1.29, 1.82) is 0 Å². The normalized spacial score (nSPS) is 12.4. The van der Waals surface area contributed by atoms with Crippen LogP contribution in [0.1, 0.15) is 43.7 Å². The van der Waals surface area contributed by atoms with Crippen LogP contribution in [0, 0.1) is 0 Å². The molecule has 0 aliphatic carbocycles. The summed E-state index contributed by atoms with van der Waals surface area (Å²) in [4.78, 5) is 4.51. The molecule has 0 amide bonds. The van der Waals surface area contributed by atoms with E-state index < -0.39 is 0 Å². The lowest BCUT2D eigenvalue weighted by atomic mass is 10.2. The summed E-state index contributed by atoms with van der Waals surface area (Å²) in [6, 6.07) is 17.6. The molecule has 1 atom stereocenters. The van der Waals surface area contributed by atoms with Gasteiger partial charge in [0, 0.05) is 22.2 Å². The number of nitrogens with zero attached hydrogens (tertiary/aromatic N) is 5. The lowest BCUT2D eigenvalue weighted by Crippen LogP contribution is -2.01. The zero-order chi connectivity index (χ0) is 20.4. The summed E-state index contributed by atoms with van der Waals surface area (Å²) in [7, 11) is 0. The van der Waals surface area contributed by atoms with Gasteiger partial charge in [-0.15, -0.1) is 10.2 Å². The zero-order valence-electron chi connectivity index (χ0n) is 16.3. The Labute approximate surface area is 178 Å². The van der Waals surface area contributed by atoms with Crippen LogP contribution in [0.15, 0.2) is 64.3 Å². The molecule has 0 aliphatic heterocycles. The third-order valence-corrected chi connectivity index (χ3v) is 5.64. The molecule has 4 aromatic rings. The quantitative estimate of drug-likeness (QED) is 0.355. The van der Waals surface area contributed by atoms with Crippen molar-refractivity contribution >= 4 is 23.4 Å². The SMILES string of the molecule is CC(C)c1noc(C(C)Sc2nnc(-c3ccc(Cl)cc3)n2-c2ccccc2)n1. The van der Waals surface area contributed by atoms with Gasteiger partial charge in [0.25, 0.3) is 0 Å². The molecule has 148 valence electrons. The maximum Gasteiger partial charge on any atom is 0.239 e. The third-order valence-electron chi connectivity index (χ3n) is 4.35. The van der Waals surface area contributed by atoms with Gasteiger partial charge in [-0.05, 0) is 43.3 Å². The van der Waals surface area contributed by atoms with E-state index in [1.807, 2.05) is 79.9 Å². The first-order valence-corrected chi connectivity index (χ1v) is 10.6. The second kappa shape index (κ2) is 8.39. The molecule has 0 fully saturated rings. The minimum absolute atomic E-state index is 0.0697. The fourth-order valence-corrected chi connectivity index (χ4v) is 3.82. The first-order valence-electron chi connectivity index (χ1n) is 9.30. The van der Waals surface area contributed by atoms with Crippen LogP contribution in [-0.2, 0) is 0 Å². The van der Waals surface area contributed by atoms with E-state index in [9.17, 15) is 0 Å². The number of thioether (sulfide) groups is 1. The highest BCUT2D eigenvalue weighted by atomic mass is 35.5. The van der Waals surface area contributed by atoms with Crippen molar-refractivity contribution < 1.29 is 4.52 Å². The molecular formula is C21H20ClN5OS. The summed E-state index contributed by atoms with van der Waals surface area (Å²) in [5.41, 5.74) is 1.91. The molecule has 2 aromatic carbocycles. The number of benzene rings is 2. The molecule has 6 nitrogen and oxygen atoms in total. The van der Waals surface area contributed by atoms with Gasteiger partial charge < -0.3 is 4.52 Å². The molecule has 0 saturated heterocycles. The van der Waals surface area contributed by atoms with E-state index in [1.54, 1.807) is 0 Å². The topological polar surface area (TPSA) is 69.6 Å². The van der Waals surface area contributed by atoms with E-state index in [1.165, 1.54) is 11.8 Å². The van der Waals surface area contributed by atoms with Gasteiger partial charge in [-0.25, -0.2) is 0 Å². The van der Waals surface area contributed by atoms with Gasteiger partial charge in [-0.1, -0.05) is 60.6 Å². The van der Waals surface area contributed by atoms with Gasteiger partial charge in [-0.2, -0.15) is 4.98 Å². The van der Waals surface area contributed by atoms with Crippen LogP contribution in [0.4, 0.5) is 0 Å². The van der Waals surface area contributed by atoms with Crippen molar-refractivity contribution in [3.63, 3.8) is 0 Å². The van der Waals surface area contributed by atoms with Crippen LogP contribution >= 0.6 is 23.4 Å². The first kappa shape index (κ1) is 19.7. The Bertz CT molecular complexity index is 1090. The van der Waals surface area contributed by atoms with Gasteiger partial charge in [0.15, 0.2) is 16.8 Å². The fraction of sp³-hybridized carbons (Fsp3) is 0.238. The molecule has 0 saturated carbocycles. The monoisotopic (exact) mass is 425 g/mol. The Kier molecular flexibility index (Phi) is 5.69. The van der Waals surface area contributed by atoms with E-state index in [0.29, 0.717) is 16.7 Å². The van der Waals surface area contributed by atoms with E-state index in [0.717, 1.165) is 22.2 Å². The molecule has 0 N–H and O–H groups in total. The highest BCUT2D eigenvalue weighted by molar-refractivity contribution is 7.99. The van der Waals surface area contributed by atoms with Gasteiger partial charge in [0.05, 0.1) is 5.25 Å². The lowest BCUT2D eigenvalue weighted by molar-refractivity contribution is 0.373. The smallest absolute Gasteiger partial charge is 0.239 e. The van der Waals surface area contributed by atoms with Crippen LogP contribution < -0.4 is 0 Å². The number of aromatic nitrogens is 5. The van der Waals surface area contributed by atoms with Gasteiger partial charge >= 0.3 is 0 Å². The van der Waals surface area contributed by atoms with Crippen molar-refractivity contribution in [1.82, 2.24) is 24.9 Å². The average molecular weight is 426 g/mol. The average Bonchev–Trinajstić information content (AvgIpc) is 3.37. The van der Waals surface area contributed by atoms with Crippen LogP contribution in [0.5, 0.6) is 0 Å². The Hall–Kier alpha value is -2.64. The van der Waals surface area contributed by atoms with Crippen molar-refractivity contribution in [3.8, 4) is 17.1 Å². The minimum Gasteiger partial charge on any atom is -0.338 e. The summed E-state index contributed by atoms with van der Waals surface area (Å²) in [6.45, 7) is 6.10. The maximum absolute atomic E-state index is 6.05. The maximum atomic E-state index is 6.05. The summed E-state index contributed by atoms with van der Waals surface area (Å²) in [6.07, 6.45) is 0. The van der Waals surface area contributed by atoms with E-state index in [-0.39, 0.29) is 11.2 Å². The number of rotatable bonds is 6. The predicted molar refractivity (Wildman–Crippen MR) is 114 cm³/mol. The molecule has 2 aromatic heterocycles.